The molecule has 0 bridgehead atoms. The van der Waals surface area contributed by atoms with Crippen molar-refractivity contribution in [3.8, 4) is 0 Å². The Balaban J connectivity index is 1.84. The quantitative estimate of drug-likeness (QED) is 0.371. The van der Waals surface area contributed by atoms with Crippen LogP contribution in [0.2, 0.25) is 0 Å². The van der Waals surface area contributed by atoms with E-state index in [9.17, 15) is 24.0 Å². The van der Waals surface area contributed by atoms with Gasteiger partial charge in [0.25, 0.3) is 5.78 Å². The molecule has 0 aromatic carbocycles. The minimum atomic E-state index is -1.04. The van der Waals surface area contributed by atoms with Crippen molar-refractivity contribution >= 4 is 29.7 Å². The molecule has 37 heavy (non-hydrogen) atoms. The van der Waals surface area contributed by atoms with Crippen LogP contribution in [-0.4, -0.2) is 71.9 Å². The normalized spacial score (nSPS) is 26.4. The summed E-state index contributed by atoms with van der Waals surface area (Å²) in [7, 11) is 1.12. The first-order valence-electron chi connectivity index (χ1n) is 13.5. The number of esters is 1. The summed E-state index contributed by atoms with van der Waals surface area (Å²) in [5, 5.41) is 5.52. The number of amides is 3. The number of piperidine rings is 1. The van der Waals surface area contributed by atoms with Gasteiger partial charge in [-0.25, -0.2) is 9.59 Å². The highest BCUT2D eigenvalue weighted by Gasteiger charge is 2.69. The molecule has 1 heterocycles. The van der Waals surface area contributed by atoms with Crippen molar-refractivity contribution in [3.05, 3.63) is 0 Å². The highest BCUT2D eigenvalue weighted by molar-refractivity contribution is 6.36. The predicted octanol–water partition coefficient (Wildman–Crippen LogP) is 2.58. The van der Waals surface area contributed by atoms with Gasteiger partial charge in [0.1, 0.15) is 17.7 Å². The van der Waals surface area contributed by atoms with E-state index in [1.807, 2.05) is 0 Å². The summed E-state index contributed by atoms with van der Waals surface area (Å²) >= 11 is 0. The van der Waals surface area contributed by atoms with Crippen LogP contribution in [0, 0.1) is 23.2 Å². The van der Waals surface area contributed by atoms with Crippen LogP contribution in [0.3, 0.4) is 0 Å². The van der Waals surface area contributed by atoms with Gasteiger partial charge in [0.2, 0.25) is 11.8 Å². The Morgan fingerprint density at radius 1 is 1.03 bits per heavy atom. The van der Waals surface area contributed by atoms with E-state index in [-0.39, 0.29) is 35.5 Å². The molecule has 0 spiro atoms. The molecular formula is C27H43N3O7. The molecule has 0 radical (unpaired) electrons. The zero-order valence-corrected chi connectivity index (χ0v) is 23.2. The van der Waals surface area contributed by atoms with Crippen molar-refractivity contribution in [2.75, 3.05) is 13.7 Å². The standard InChI is InChI=1S/C27H43N3O7/c1-8-17(21(31)24(34)36-7)28-22(32)20-18-16(27(18,5)6)14-30(20)23(33)19(15-12-10-9-11-13-15)29-25(35)37-26(2,3)4/h15-20H,8-14H2,1-7H3,(H,28,32)(H,29,35)/t16-,17?,18-,19-,20-/m0/s1. The highest BCUT2D eigenvalue weighted by atomic mass is 16.6. The molecule has 3 rings (SSSR count). The summed E-state index contributed by atoms with van der Waals surface area (Å²) in [4.78, 5) is 66.1. The van der Waals surface area contributed by atoms with E-state index in [2.05, 4.69) is 29.2 Å². The second-order valence-electron chi connectivity index (χ2n) is 12.2. The van der Waals surface area contributed by atoms with Gasteiger partial charge in [-0.3, -0.25) is 14.4 Å². The maximum Gasteiger partial charge on any atom is 0.408 e. The minimum Gasteiger partial charge on any atom is -0.463 e. The summed E-state index contributed by atoms with van der Waals surface area (Å²) in [6.45, 7) is 11.5. The lowest BCUT2D eigenvalue weighted by Gasteiger charge is -2.37. The molecule has 208 valence electrons. The molecule has 5 atom stereocenters. The molecule has 0 aromatic rings. The number of hydrogen-bond acceptors (Lipinski definition) is 7. The Bertz CT molecular complexity index is 919. The zero-order valence-electron chi connectivity index (χ0n) is 23.2. The van der Waals surface area contributed by atoms with Crippen LogP contribution in [-0.2, 0) is 28.7 Å². The minimum absolute atomic E-state index is 0.0493. The number of nitrogens with one attached hydrogen (secondary N) is 2. The van der Waals surface area contributed by atoms with E-state index in [1.54, 1.807) is 32.6 Å². The van der Waals surface area contributed by atoms with Gasteiger partial charge in [-0.2, -0.15) is 0 Å². The molecule has 3 amide bonds. The van der Waals surface area contributed by atoms with Crippen LogP contribution >= 0.6 is 0 Å². The third-order valence-electron chi connectivity index (χ3n) is 8.25. The van der Waals surface area contributed by atoms with Crippen molar-refractivity contribution in [1.82, 2.24) is 15.5 Å². The molecule has 2 saturated carbocycles. The van der Waals surface area contributed by atoms with E-state index >= 15 is 0 Å². The Labute approximate surface area is 219 Å². The maximum atomic E-state index is 14.0. The smallest absolute Gasteiger partial charge is 0.408 e. The van der Waals surface area contributed by atoms with Gasteiger partial charge in [-0.1, -0.05) is 40.0 Å². The van der Waals surface area contributed by atoms with Gasteiger partial charge in [0.05, 0.1) is 13.2 Å². The van der Waals surface area contributed by atoms with Crippen LogP contribution in [0.5, 0.6) is 0 Å². The Kier molecular flexibility index (Phi) is 8.59. The lowest BCUT2D eigenvalue weighted by Crippen LogP contribution is -2.59. The maximum absolute atomic E-state index is 14.0. The van der Waals surface area contributed by atoms with Crippen LogP contribution in [0.1, 0.15) is 80.1 Å². The number of Topliss-reactive ketones (excluding diaryl/α,β-unsaturated/α-hetero) is 1. The molecule has 2 N–H and O–H groups in total. The zero-order chi connectivity index (χ0) is 27.7. The Morgan fingerprint density at radius 3 is 2.19 bits per heavy atom. The number of alkyl carbamates (subject to hydrolysis) is 1. The number of ketones is 1. The van der Waals surface area contributed by atoms with E-state index in [0.29, 0.717) is 6.54 Å². The number of rotatable bonds is 8. The van der Waals surface area contributed by atoms with Crippen molar-refractivity contribution < 1.29 is 33.4 Å². The molecule has 1 aliphatic heterocycles. The van der Waals surface area contributed by atoms with E-state index in [0.717, 1.165) is 39.2 Å². The van der Waals surface area contributed by atoms with E-state index in [4.69, 9.17) is 4.74 Å². The van der Waals surface area contributed by atoms with Crippen LogP contribution in [0.15, 0.2) is 0 Å². The van der Waals surface area contributed by atoms with Crippen molar-refractivity contribution in [2.45, 2.75) is 104 Å². The third kappa shape index (κ3) is 6.26. The van der Waals surface area contributed by atoms with Crippen LogP contribution < -0.4 is 10.6 Å². The molecule has 1 saturated heterocycles. The fourth-order valence-corrected chi connectivity index (χ4v) is 6.13. The molecule has 1 unspecified atom stereocenters. The van der Waals surface area contributed by atoms with Gasteiger partial charge in [-0.15, -0.1) is 0 Å². The molecule has 10 heteroatoms. The second-order valence-corrected chi connectivity index (χ2v) is 12.2. The Morgan fingerprint density at radius 2 is 1.65 bits per heavy atom. The molecular weight excluding hydrogens is 478 g/mol. The SMILES string of the molecule is CCC(NC(=O)[C@@H]1[C@@H]2[C@H](CN1C(=O)[C@@H](NC(=O)OC(C)(C)C)C1CCCCC1)C2(C)C)C(=O)C(=O)OC. The van der Waals surface area contributed by atoms with Crippen molar-refractivity contribution in [1.29, 1.82) is 0 Å². The van der Waals surface area contributed by atoms with Crippen LogP contribution in [0.25, 0.3) is 0 Å². The topological polar surface area (TPSA) is 131 Å². The summed E-state index contributed by atoms with van der Waals surface area (Å²) in [5.41, 5.74) is -0.848. The second kappa shape index (κ2) is 11.0. The number of ether oxygens (including phenoxy) is 2. The van der Waals surface area contributed by atoms with Gasteiger partial charge >= 0.3 is 12.1 Å². The fourth-order valence-electron chi connectivity index (χ4n) is 6.13. The monoisotopic (exact) mass is 521 g/mol. The number of fused-ring (bicyclic) bond motifs is 1. The number of hydrogen-bond donors (Lipinski definition) is 2. The summed E-state index contributed by atoms with van der Waals surface area (Å²) < 4.78 is 9.99. The fraction of sp³-hybridized carbons (Fsp3) is 0.815. The number of methoxy groups -OCH3 is 1. The van der Waals surface area contributed by atoms with E-state index in [1.165, 1.54) is 0 Å². The summed E-state index contributed by atoms with van der Waals surface area (Å²) in [6.07, 6.45) is 4.20. The average Bonchev–Trinajstić information content (AvgIpc) is 3.17. The lowest BCUT2D eigenvalue weighted by atomic mass is 9.83. The van der Waals surface area contributed by atoms with Gasteiger partial charge < -0.3 is 25.0 Å². The Hall–Kier alpha value is -2.65. The van der Waals surface area contributed by atoms with Crippen molar-refractivity contribution in [2.24, 2.45) is 23.2 Å². The predicted molar refractivity (Wildman–Crippen MR) is 135 cm³/mol. The molecule has 2 aliphatic carbocycles. The number of likely N-dealkylation sites (tertiary alicyclic amines) is 1. The van der Waals surface area contributed by atoms with Crippen molar-refractivity contribution in [3.63, 3.8) is 0 Å². The first kappa shape index (κ1) is 28.9. The first-order chi connectivity index (χ1) is 17.2. The first-order valence-corrected chi connectivity index (χ1v) is 13.5. The molecule has 3 aliphatic rings. The van der Waals surface area contributed by atoms with E-state index < -0.39 is 47.5 Å². The number of nitrogens with zero attached hydrogens (tertiary/aromatic N) is 1. The molecule has 0 aromatic heterocycles. The summed E-state index contributed by atoms with van der Waals surface area (Å²) in [6, 6.07) is -2.63. The van der Waals surface area contributed by atoms with Gasteiger partial charge in [0, 0.05) is 6.54 Å². The van der Waals surface area contributed by atoms with Gasteiger partial charge in [-0.05, 0) is 63.2 Å². The van der Waals surface area contributed by atoms with Crippen LogP contribution in [0.4, 0.5) is 4.79 Å². The number of carbonyl (C=O) groups is 5. The lowest BCUT2D eigenvalue weighted by molar-refractivity contribution is -0.153. The molecule has 10 nitrogen and oxygen atoms in total. The largest absolute Gasteiger partial charge is 0.463 e. The molecule has 3 fully saturated rings. The summed E-state index contributed by atoms with van der Waals surface area (Å²) in [5.74, 6) is -2.59. The third-order valence-corrected chi connectivity index (χ3v) is 8.25. The van der Waals surface area contributed by atoms with Gasteiger partial charge in [0.15, 0.2) is 0 Å². The highest BCUT2D eigenvalue weighted by Crippen LogP contribution is 2.65. The number of carbonyl (C=O) groups excluding carboxylic acids is 5. The average molecular weight is 522 g/mol.